The number of carbonyl (C=O) groups is 2. The third-order valence-electron chi connectivity index (χ3n) is 5.88. The normalized spacial score (nSPS) is 23.5. The van der Waals surface area contributed by atoms with Crippen LogP contribution in [0.1, 0.15) is 29.5 Å². The van der Waals surface area contributed by atoms with Gasteiger partial charge in [-0.1, -0.05) is 6.08 Å². The maximum atomic E-state index is 12.6. The van der Waals surface area contributed by atoms with Crippen LogP contribution in [0.4, 0.5) is 5.82 Å². The quantitative estimate of drug-likeness (QED) is 0.813. The molecule has 2 aliphatic heterocycles. The second kappa shape index (κ2) is 7.02. The molecule has 5 rings (SSSR count). The maximum absolute atomic E-state index is 12.6. The second-order valence-electron chi connectivity index (χ2n) is 7.73. The van der Waals surface area contributed by atoms with Crippen LogP contribution in [0.3, 0.4) is 0 Å². The smallest absolute Gasteiger partial charge is 0.246 e. The van der Waals surface area contributed by atoms with Crippen molar-refractivity contribution in [3.05, 3.63) is 57.9 Å². The third kappa shape index (κ3) is 3.29. The number of nitrogens with zero attached hydrogens (tertiary/aromatic N) is 2. The number of likely N-dealkylation sites (tertiary alicyclic amines) is 1. The zero-order valence-electron chi connectivity index (χ0n) is 15.4. The van der Waals surface area contributed by atoms with Crippen LogP contribution in [0, 0.1) is 11.8 Å². The molecule has 2 atom stereocenters. The average molecular weight is 391 g/mol. The maximum Gasteiger partial charge on any atom is 0.246 e. The van der Waals surface area contributed by atoms with Gasteiger partial charge in [0, 0.05) is 31.8 Å². The molecule has 4 heterocycles. The van der Waals surface area contributed by atoms with Crippen LogP contribution in [-0.4, -0.2) is 34.8 Å². The minimum Gasteiger partial charge on any atom is -0.338 e. The number of fused-ring (bicyclic) bond motifs is 2. The summed E-state index contributed by atoms with van der Waals surface area (Å²) in [6.07, 6.45) is 9.78. The van der Waals surface area contributed by atoms with E-state index in [4.69, 9.17) is 0 Å². The van der Waals surface area contributed by atoms with Gasteiger partial charge in [-0.15, -0.1) is 0 Å². The van der Waals surface area contributed by atoms with E-state index >= 15 is 0 Å². The monoisotopic (exact) mass is 391 g/mol. The van der Waals surface area contributed by atoms with Crippen molar-refractivity contribution in [3.8, 4) is 0 Å². The molecule has 0 bridgehead atoms. The third-order valence-corrected chi connectivity index (χ3v) is 6.56. The Morgan fingerprint density at radius 2 is 2.25 bits per heavy atom. The summed E-state index contributed by atoms with van der Waals surface area (Å²) in [6.45, 7) is 1.63. The summed E-state index contributed by atoms with van der Waals surface area (Å²) in [4.78, 5) is 30.3. The number of aryl methyl sites for hydroxylation is 1. The molecular formula is C22H21N3O2S. The minimum atomic E-state index is 0.00857. The van der Waals surface area contributed by atoms with Gasteiger partial charge in [-0.2, -0.15) is 11.3 Å². The van der Waals surface area contributed by atoms with Crippen LogP contribution >= 0.6 is 11.3 Å². The van der Waals surface area contributed by atoms with Gasteiger partial charge in [-0.05, 0) is 75.9 Å². The number of thiophene rings is 1. The molecule has 1 saturated heterocycles. The molecule has 6 heteroatoms. The molecule has 0 radical (unpaired) electrons. The van der Waals surface area contributed by atoms with E-state index in [2.05, 4.69) is 33.2 Å². The van der Waals surface area contributed by atoms with Crippen molar-refractivity contribution in [2.45, 2.75) is 19.3 Å². The molecule has 2 amide bonds. The number of allylic oxidation sites excluding steroid dienone is 1. The summed E-state index contributed by atoms with van der Waals surface area (Å²) in [6, 6.07) is 4.18. The van der Waals surface area contributed by atoms with Gasteiger partial charge < -0.3 is 10.2 Å². The second-order valence-corrected chi connectivity index (χ2v) is 8.51. The molecule has 1 N–H and O–H groups in total. The SMILES string of the molecule is O=C1CCc2cc(/C=C/C(=O)N3C[C@@H]4CC(c5ccsc5)=C[C@@H]4C3)cnc2N1. The van der Waals surface area contributed by atoms with E-state index < -0.39 is 0 Å². The van der Waals surface area contributed by atoms with Gasteiger partial charge in [-0.25, -0.2) is 4.98 Å². The topological polar surface area (TPSA) is 62.3 Å². The zero-order chi connectivity index (χ0) is 19.1. The first kappa shape index (κ1) is 17.4. The number of nitrogens with one attached hydrogen (secondary N) is 1. The highest BCUT2D eigenvalue weighted by molar-refractivity contribution is 7.08. The van der Waals surface area contributed by atoms with Gasteiger partial charge in [0.05, 0.1) is 0 Å². The Hall–Kier alpha value is -2.73. The molecule has 5 nitrogen and oxygen atoms in total. The van der Waals surface area contributed by atoms with Gasteiger partial charge in [0.15, 0.2) is 0 Å². The van der Waals surface area contributed by atoms with Crippen LogP contribution in [0.15, 0.2) is 41.2 Å². The summed E-state index contributed by atoms with van der Waals surface area (Å²) in [5, 5.41) is 7.10. The number of hydrogen-bond acceptors (Lipinski definition) is 4. The van der Waals surface area contributed by atoms with Crippen LogP contribution in [0.2, 0.25) is 0 Å². The standard InChI is InChI=1S/C22H21N3O2S/c26-20-3-2-15-7-14(10-23-22(15)24-20)1-4-21(27)25-11-18-8-17(9-19(18)12-25)16-5-6-28-13-16/h1,4-8,10,13,18-19H,2-3,9,11-12H2,(H,23,24,26)/b4-1+/t18-,19+/m1/s1. The van der Waals surface area contributed by atoms with E-state index in [0.29, 0.717) is 30.5 Å². The lowest BCUT2D eigenvalue weighted by Gasteiger charge is -2.16. The summed E-state index contributed by atoms with van der Waals surface area (Å²) >= 11 is 1.73. The van der Waals surface area contributed by atoms with Crippen LogP contribution in [0.25, 0.3) is 11.6 Å². The Balaban J connectivity index is 1.23. The van der Waals surface area contributed by atoms with Gasteiger partial charge >= 0.3 is 0 Å². The number of anilines is 1. The fraction of sp³-hybridized carbons (Fsp3) is 0.318. The molecule has 0 saturated carbocycles. The predicted octanol–water partition coefficient (Wildman–Crippen LogP) is 3.60. The van der Waals surface area contributed by atoms with Crippen molar-refractivity contribution in [2.75, 3.05) is 18.4 Å². The van der Waals surface area contributed by atoms with Crippen molar-refractivity contribution >= 4 is 40.6 Å². The summed E-state index contributed by atoms with van der Waals surface area (Å²) in [7, 11) is 0. The molecule has 2 aromatic rings. The van der Waals surface area contributed by atoms with E-state index in [1.807, 2.05) is 17.0 Å². The van der Waals surface area contributed by atoms with E-state index in [1.165, 1.54) is 11.1 Å². The number of aromatic nitrogens is 1. The summed E-state index contributed by atoms with van der Waals surface area (Å²) in [5.41, 5.74) is 4.69. The van der Waals surface area contributed by atoms with Crippen molar-refractivity contribution in [3.63, 3.8) is 0 Å². The first-order chi connectivity index (χ1) is 13.7. The molecule has 0 spiro atoms. The highest BCUT2D eigenvalue weighted by Gasteiger charge is 2.37. The fourth-order valence-corrected chi connectivity index (χ4v) is 5.07. The molecule has 0 aromatic carbocycles. The van der Waals surface area contributed by atoms with Crippen LogP contribution in [0.5, 0.6) is 0 Å². The predicted molar refractivity (Wildman–Crippen MR) is 111 cm³/mol. The van der Waals surface area contributed by atoms with Crippen molar-refractivity contribution in [2.24, 2.45) is 11.8 Å². The van der Waals surface area contributed by atoms with E-state index in [9.17, 15) is 9.59 Å². The zero-order valence-corrected chi connectivity index (χ0v) is 16.2. The molecule has 2 aromatic heterocycles. The average Bonchev–Trinajstić information content (AvgIpc) is 3.41. The summed E-state index contributed by atoms with van der Waals surface area (Å²) in [5.74, 6) is 1.73. The Labute approximate surface area is 167 Å². The lowest BCUT2D eigenvalue weighted by Crippen LogP contribution is -2.27. The first-order valence-electron chi connectivity index (χ1n) is 9.65. The Morgan fingerprint density at radius 3 is 3.07 bits per heavy atom. The van der Waals surface area contributed by atoms with Crippen molar-refractivity contribution in [1.82, 2.24) is 9.88 Å². The number of amides is 2. The number of rotatable bonds is 3. The van der Waals surface area contributed by atoms with E-state index in [0.717, 1.165) is 30.6 Å². The van der Waals surface area contributed by atoms with Crippen molar-refractivity contribution in [1.29, 1.82) is 0 Å². The van der Waals surface area contributed by atoms with Crippen molar-refractivity contribution < 1.29 is 9.59 Å². The molecular weight excluding hydrogens is 370 g/mol. The molecule has 28 heavy (non-hydrogen) atoms. The first-order valence-corrected chi connectivity index (χ1v) is 10.6. The molecule has 1 fully saturated rings. The van der Waals surface area contributed by atoms with Gasteiger partial charge in [0.25, 0.3) is 0 Å². The highest BCUT2D eigenvalue weighted by Crippen LogP contribution is 2.41. The van der Waals surface area contributed by atoms with Gasteiger partial charge in [0.1, 0.15) is 5.82 Å². The Bertz CT molecular complexity index is 993. The molecule has 142 valence electrons. The number of carbonyl (C=O) groups excluding carboxylic acids is 2. The summed E-state index contributed by atoms with van der Waals surface area (Å²) < 4.78 is 0. The molecule has 3 aliphatic rings. The lowest BCUT2D eigenvalue weighted by molar-refractivity contribution is -0.125. The minimum absolute atomic E-state index is 0.00857. The lowest BCUT2D eigenvalue weighted by atomic mass is 9.99. The largest absolute Gasteiger partial charge is 0.338 e. The number of pyridine rings is 1. The fourth-order valence-electron chi connectivity index (χ4n) is 4.39. The molecule has 0 unspecified atom stereocenters. The van der Waals surface area contributed by atoms with Crippen LogP contribution in [-0.2, 0) is 16.0 Å². The Kier molecular flexibility index (Phi) is 4.36. The highest BCUT2D eigenvalue weighted by atomic mass is 32.1. The van der Waals surface area contributed by atoms with E-state index in [-0.39, 0.29) is 11.8 Å². The van der Waals surface area contributed by atoms with E-state index in [1.54, 1.807) is 23.6 Å². The van der Waals surface area contributed by atoms with Gasteiger partial charge in [-0.3, -0.25) is 9.59 Å². The van der Waals surface area contributed by atoms with Crippen LogP contribution < -0.4 is 5.32 Å². The molecule has 1 aliphatic carbocycles. The Morgan fingerprint density at radius 1 is 1.32 bits per heavy atom. The number of hydrogen-bond donors (Lipinski definition) is 1. The van der Waals surface area contributed by atoms with Gasteiger partial charge in [0.2, 0.25) is 11.8 Å².